The summed E-state index contributed by atoms with van der Waals surface area (Å²) in [4.78, 5) is 0. The second-order valence-electron chi connectivity index (χ2n) is 10.9. The zero-order valence-electron chi connectivity index (χ0n) is 23.2. The number of rotatable bonds is 8. The van der Waals surface area contributed by atoms with Crippen molar-refractivity contribution in [2.75, 3.05) is 7.11 Å². The first-order chi connectivity index (χ1) is 19.0. The van der Waals surface area contributed by atoms with Crippen molar-refractivity contribution in [3.05, 3.63) is 156 Å². The van der Waals surface area contributed by atoms with Crippen LogP contribution in [-0.2, 0) is 0 Å². The van der Waals surface area contributed by atoms with Gasteiger partial charge >= 0.3 is 8.32 Å². The third kappa shape index (κ3) is 5.15. The summed E-state index contributed by atoms with van der Waals surface area (Å²) in [5.74, 6) is 1.56. The lowest BCUT2D eigenvalue weighted by atomic mass is 9.84. The summed E-state index contributed by atoms with van der Waals surface area (Å²) in [6.07, 6.45) is 0. The molecule has 0 heterocycles. The molecule has 0 aliphatic carbocycles. The van der Waals surface area contributed by atoms with Crippen LogP contribution in [0.15, 0.2) is 140 Å². The van der Waals surface area contributed by atoms with Crippen molar-refractivity contribution >= 4 is 18.7 Å². The largest absolute Gasteiger partial charge is 0.531 e. The van der Waals surface area contributed by atoms with Crippen molar-refractivity contribution in [3.8, 4) is 11.5 Å². The quantitative estimate of drug-likeness (QED) is 0.151. The molecule has 3 heteroatoms. The molecule has 0 saturated heterocycles. The molecular formula is C36H36O2Si. The molecule has 196 valence electrons. The van der Waals surface area contributed by atoms with E-state index in [-0.39, 0.29) is 11.0 Å². The minimum absolute atomic E-state index is 0.00468. The van der Waals surface area contributed by atoms with Crippen molar-refractivity contribution in [2.24, 2.45) is 0 Å². The van der Waals surface area contributed by atoms with E-state index >= 15 is 0 Å². The Labute approximate surface area is 234 Å². The van der Waals surface area contributed by atoms with E-state index in [4.69, 9.17) is 9.16 Å². The molecule has 0 aliphatic heterocycles. The van der Waals surface area contributed by atoms with Gasteiger partial charge in [0, 0.05) is 11.5 Å². The average Bonchev–Trinajstić information content (AvgIpc) is 2.97. The Morgan fingerprint density at radius 3 is 1.38 bits per heavy atom. The van der Waals surface area contributed by atoms with E-state index in [0.29, 0.717) is 0 Å². The Hall–Kier alpha value is -4.08. The Morgan fingerprint density at radius 1 is 0.538 bits per heavy atom. The summed E-state index contributed by atoms with van der Waals surface area (Å²) >= 11 is 0. The molecule has 0 radical (unpaired) electrons. The van der Waals surface area contributed by atoms with Crippen LogP contribution in [0.3, 0.4) is 0 Å². The summed E-state index contributed by atoms with van der Waals surface area (Å²) < 4.78 is 13.7. The highest BCUT2D eigenvalue weighted by Gasteiger charge is 2.52. The second kappa shape index (κ2) is 11.3. The molecule has 0 unspecified atom stereocenters. The summed E-state index contributed by atoms with van der Waals surface area (Å²) in [7, 11) is -1.08. The summed E-state index contributed by atoms with van der Waals surface area (Å²) in [5, 5.41) is 2.31. The lowest BCUT2D eigenvalue weighted by Crippen LogP contribution is -2.68. The lowest BCUT2D eigenvalue weighted by molar-refractivity contribution is 0.383. The van der Waals surface area contributed by atoms with E-state index in [1.807, 2.05) is 0 Å². The SMILES string of the molecule is COc1c(O[Si](c2ccccc2)(c2ccccc2)C(C)(C)C)cccc1C(c1ccccc1)c1ccccc1. The van der Waals surface area contributed by atoms with Crippen LogP contribution in [0.5, 0.6) is 11.5 Å². The van der Waals surface area contributed by atoms with Crippen LogP contribution in [-0.4, -0.2) is 15.4 Å². The second-order valence-corrected chi connectivity index (χ2v) is 15.1. The molecule has 0 aliphatic rings. The predicted octanol–water partition coefficient (Wildman–Crippen LogP) is 7.81. The van der Waals surface area contributed by atoms with Crippen LogP contribution in [0.25, 0.3) is 0 Å². The topological polar surface area (TPSA) is 18.5 Å². The Morgan fingerprint density at radius 2 is 0.974 bits per heavy atom. The number of para-hydroxylation sites is 1. The molecule has 0 amide bonds. The molecule has 0 spiro atoms. The van der Waals surface area contributed by atoms with Gasteiger partial charge in [-0.15, -0.1) is 0 Å². The molecule has 5 aromatic rings. The van der Waals surface area contributed by atoms with Gasteiger partial charge < -0.3 is 9.16 Å². The van der Waals surface area contributed by atoms with Gasteiger partial charge in [-0.3, -0.25) is 0 Å². The van der Waals surface area contributed by atoms with Crippen LogP contribution < -0.4 is 19.5 Å². The standard InChI is InChI=1S/C36H36O2Si/c1-36(2,3)39(30-22-13-7-14-23-30,31-24-15-8-16-25-31)38-33-27-17-26-32(35(33)37-4)34(28-18-9-5-10-19-28)29-20-11-6-12-21-29/h5-27,34H,1-4H3. The van der Waals surface area contributed by atoms with E-state index < -0.39 is 8.32 Å². The summed E-state index contributed by atoms with van der Waals surface area (Å²) in [5.41, 5.74) is 3.51. The molecule has 2 nitrogen and oxygen atoms in total. The number of benzene rings is 5. The molecule has 0 fully saturated rings. The summed E-state index contributed by atoms with van der Waals surface area (Å²) in [6.45, 7) is 6.89. The monoisotopic (exact) mass is 528 g/mol. The van der Waals surface area contributed by atoms with Gasteiger partial charge in [0.25, 0.3) is 0 Å². The van der Waals surface area contributed by atoms with E-state index in [1.54, 1.807) is 7.11 Å². The van der Waals surface area contributed by atoms with E-state index in [2.05, 4.69) is 160 Å². The normalized spacial score (nSPS) is 11.8. The zero-order chi connectivity index (χ0) is 27.3. The molecular weight excluding hydrogens is 492 g/mol. The lowest BCUT2D eigenvalue weighted by Gasteiger charge is -2.43. The molecule has 0 bridgehead atoms. The van der Waals surface area contributed by atoms with Crippen LogP contribution in [0.1, 0.15) is 43.4 Å². The molecule has 0 N–H and O–H groups in total. The molecule has 0 aromatic heterocycles. The first-order valence-corrected chi connectivity index (χ1v) is 15.4. The van der Waals surface area contributed by atoms with Gasteiger partial charge in [-0.25, -0.2) is 0 Å². The van der Waals surface area contributed by atoms with Gasteiger partial charge in [-0.2, -0.15) is 0 Å². The number of methoxy groups -OCH3 is 1. The van der Waals surface area contributed by atoms with Crippen LogP contribution >= 0.6 is 0 Å². The summed E-state index contributed by atoms with van der Waals surface area (Å²) in [6, 6.07) is 49.1. The fourth-order valence-electron chi connectivity index (χ4n) is 5.72. The first kappa shape index (κ1) is 26.5. The minimum Gasteiger partial charge on any atom is -0.531 e. The smallest absolute Gasteiger partial charge is 0.320 e. The Bertz CT molecular complexity index is 1400. The van der Waals surface area contributed by atoms with Crippen molar-refractivity contribution in [1.29, 1.82) is 0 Å². The molecule has 0 atom stereocenters. The highest BCUT2D eigenvalue weighted by atomic mass is 28.4. The Balaban J connectivity index is 1.74. The average molecular weight is 529 g/mol. The maximum Gasteiger partial charge on any atom is 0.320 e. The third-order valence-corrected chi connectivity index (χ3v) is 12.4. The number of ether oxygens (including phenoxy) is 1. The fraction of sp³-hybridized carbons (Fsp3) is 0.167. The van der Waals surface area contributed by atoms with Crippen molar-refractivity contribution in [3.63, 3.8) is 0 Å². The van der Waals surface area contributed by atoms with Gasteiger partial charge in [-0.1, -0.05) is 154 Å². The number of hydrogen-bond donors (Lipinski definition) is 0. The zero-order valence-corrected chi connectivity index (χ0v) is 24.2. The van der Waals surface area contributed by atoms with Gasteiger partial charge in [0.1, 0.15) is 5.75 Å². The maximum absolute atomic E-state index is 7.44. The molecule has 5 rings (SSSR count). The van der Waals surface area contributed by atoms with Crippen molar-refractivity contribution in [2.45, 2.75) is 31.7 Å². The van der Waals surface area contributed by atoms with E-state index in [9.17, 15) is 0 Å². The predicted molar refractivity (Wildman–Crippen MR) is 165 cm³/mol. The Kier molecular flexibility index (Phi) is 7.71. The van der Waals surface area contributed by atoms with E-state index in [0.717, 1.165) is 17.1 Å². The van der Waals surface area contributed by atoms with Gasteiger partial charge in [0.2, 0.25) is 0 Å². The molecule has 5 aromatic carbocycles. The van der Waals surface area contributed by atoms with Gasteiger partial charge in [0.05, 0.1) is 7.11 Å². The fourth-order valence-corrected chi connectivity index (χ4v) is 10.1. The van der Waals surface area contributed by atoms with Gasteiger partial charge in [-0.05, 0) is 32.6 Å². The maximum atomic E-state index is 7.44. The van der Waals surface area contributed by atoms with Gasteiger partial charge in [0.15, 0.2) is 5.75 Å². The molecule has 39 heavy (non-hydrogen) atoms. The first-order valence-electron chi connectivity index (χ1n) is 13.5. The minimum atomic E-state index is -2.83. The van der Waals surface area contributed by atoms with E-state index in [1.165, 1.54) is 21.5 Å². The highest BCUT2D eigenvalue weighted by molar-refractivity contribution is 7.00. The molecule has 0 saturated carbocycles. The number of hydrogen-bond acceptors (Lipinski definition) is 2. The van der Waals surface area contributed by atoms with Crippen LogP contribution in [0.2, 0.25) is 5.04 Å². The van der Waals surface area contributed by atoms with Crippen molar-refractivity contribution in [1.82, 2.24) is 0 Å². The van der Waals surface area contributed by atoms with Crippen LogP contribution in [0.4, 0.5) is 0 Å². The third-order valence-electron chi connectivity index (χ3n) is 7.47. The van der Waals surface area contributed by atoms with Crippen LogP contribution in [0, 0.1) is 0 Å². The van der Waals surface area contributed by atoms with Crippen molar-refractivity contribution < 1.29 is 9.16 Å². The highest BCUT2D eigenvalue weighted by Crippen LogP contribution is 2.45.